The minimum atomic E-state index is -0.737. The molecule has 3 rings (SSSR count). The van der Waals surface area contributed by atoms with Gasteiger partial charge in [-0.3, -0.25) is 4.79 Å². The molecule has 1 amide bonds. The topological polar surface area (TPSA) is 101 Å². The molecule has 0 atom stereocenters. The summed E-state index contributed by atoms with van der Waals surface area (Å²) >= 11 is 0. The van der Waals surface area contributed by atoms with Crippen molar-refractivity contribution < 1.29 is 9.18 Å². The molecule has 2 aromatic heterocycles. The molecule has 8 nitrogen and oxygen atoms in total. The number of H-pyrrole nitrogens is 1. The maximum Gasteiger partial charge on any atom is 0.291 e. The molecule has 0 aliphatic heterocycles. The summed E-state index contributed by atoms with van der Waals surface area (Å²) in [4.78, 5) is 16.6. The average Bonchev–Trinajstić information content (AvgIpc) is 3.17. The van der Waals surface area contributed by atoms with E-state index in [4.69, 9.17) is 0 Å². The average molecular weight is 329 g/mol. The van der Waals surface area contributed by atoms with E-state index in [1.54, 1.807) is 32.9 Å². The predicted molar refractivity (Wildman–Crippen MR) is 82.9 cm³/mol. The summed E-state index contributed by atoms with van der Waals surface area (Å²) in [6, 6.07) is 5.78. The number of nitrogens with zero attached hydrogens (tertiary/aromatic N) is 5. The number of carbonyl (C=O) groups is 1. The van der Waals surface area contributed by atoms with Gasteiger partial charge in [-0.1, -0.05) is 0 Å². The van der Waals surface area contributed by atoms with Crippen molar-refractivity contribution in [1.29, 1.82) is 0 Å². The fraction of sp³-hybridized carbons (Fsp3) is 0.267. The van der Waals surface area contributed by atoms with Crippen molar-refractivity contribution in [2.45, 2.75) is 26.3 Å². The number of halogens is 1. The molecule has 0 bridgehead atoms. The van der Waals surface area contributed by atoms with Crippen LogP contribution in [-0.2, 0) is 5.54 Å². The summed E-state index contributed by atoms with van der Waals surface area (Å²) in [5.41, 5.74) is 0.473. The van der Waals surface area contributed by atoms with Gasteiger partial charge in [0.15, 0.2) is 0 Å². The van der Waals surface area contributed by atoms with Crippen molar-refractivity contribution in [1.82, 2.24) is 35.5 Å². The van der Waals surface area contributed by atoms with Gasteiger partial charge < -0.3 is 5.32 Å². The number of rotatable bonds is 4. The Hall–Kier alpha value is -3.10. The van der Waals surface area contributed by atoms with Crippen LogP contribution in [0.3, 0.4) is 0 Å². The Morgan fingerprint density at radius 3 is 2.62 bits per heavy atom. The van der Waals surface area contributed by atoms with Gasteiger partial charge >= 0.3 is 0 Å². The SMILES string of the molecule is Cc1nc(C(=O)NC(C)(C)c2cn[nH]n2)nn1-c1ccc(F)cc1. The maximum absolute atomic E-state index is 13.0. The third kappa shape index (κ3) is 3.00. The number of nitrogens with one attached hydrogen (secondary N) is 2. The first-order chi connectivity index (χ1) is 11.4. The van der Waals surface area contributed by atoms with Crippen LogP contribution >= 0.6 is 0 Å². The van der Waals surface area contributed by atoms with E-state index < -0.39 is 11.4 Å². The quantitative estimate of drug-likeness (QED) is 0.755. The highest BCUT2D eigenvalue weighted by molar-refractivity contribution is 5.91. The zero-order chi connectivity index (χ0) is 17.3. The molecule has 0 radical (unpaired) electrons. The summed E-state index contributed by atoms with van der Waals surface area (Å²) in [5, 5.41) is 17.3. The lowest BCUT2D eigenvalue weighted by Gasteiger charge is -2.22. The zero-order valence-electron chi connectivity index (χ0n) is 13.4. The van der Waals surface area contributed by atoms with Crippen LogP contribution in [0.5, 0.6) is 0 Å². The smallest absolute Gasteiger partial charge is 0.291 e. The Labute approximate surface area is 137 Å². The van der Waals surface area contributed by atoms with Crippen molar-refractivity contribution in [2.24, 2.45) is 0 Å². The van der Waals surface area contributed by atoms with Crippen LogP contribution in [0.4, 0.5) is 4.39 Å². The van der Waals surface area contributed by atoms with Crippen LogP contribution in [0.2, 0.25) is 0 Å². The normalized spacial score (nSPS) is 11.5. The number of aromatic nitrogens is 6. The van der Waals surface area contributed by atoms with Gasteiger partial charge in [-0.2, -0.15) is 15.4 Å². The largest absolute Gasteiger partial charge is 0.339 e. The Kier molecular flexibility index (Phi) is 3.84. The molecule has 0 saturated heterocycles. The van der Waals surface area contributed by atoms with Crippen LogP contribution < -0.4 is 5.32 Å². The van der Waals surface area contributed by atoms with E-state index in [1.807, 2.05) is 0 Å². The lowest BCUT2D eigenvalue weighted by atomic mass is 10.0. The summed E-state index contributed by atoms with van der Waals surface area (Å²) in [6.45, 7) is 5.31. The van der Waals surface area contributed by atoms with Crippen LogP contribution in [-0.4, -0.2) is 36.1 Å². The van der Waals surface area contributed by atoms with Gasteiger partial charge in [-0.25, -0.2) is 14.1 Å². The lowest BCUT2D eigenvalue weighted by molar-refractivity contribution is 0.0899. The fourth-order valence-electron chi connectivity index (χ4n) is 2.22. The lowest BCUT2D eigenvalue weighted by Crippen LogP contribution is -2.41. The number of amides is 1. The van der Waals surface area contributed by atoms with E-state index in [0.29, 0.717) is 17.2 Å². The Balaban J connectivity index is 1.84. The van der Waals surface area contributed by atoms with Crippen molar-refractivity contribution in [3.63, 3.8) is 0 Å². The van der Waals surface area contributed by atoms with Crippen molar-refractivity contribution in [2.75, 3.05) is 0 Å². The second-order valence-corrected chi connectivity index (χ2v) is 5.81. The van der Waals surface area contributed by atoms with Gasteiger partial charge in [0.25, 0.3) is 5.91 Å². The van der Waals surface area contributed by atoms with Crippen LogP contribution in [0.1, 0.15) is 36.0 Å². The van der Waals surface area contributed by atoms with Crippen LogP contribution in [0, 0.1) is 12.7 Å². The van der Waals surface area contributed by atoms with Crippen molar-refractivity contribution >= 4 is 5.91 Å². The number of hydrogen-bond acceptors (Lipinski definition) is 5. The Morgan fingerprint density at radius 2 is 2.00 bits per heavy atom. The number of hydrogen-bond donors (Lipinski definition) is 2. The third-order valence-corrected chi connectivity index (χ3v) is 3.52. The number of benzene rings is 1. The second-order valence-electron chi connectivity index (χ2n) is 5.81. The standard InChI is InChI=1S/C15H16FN7O/c1-9-18-13(21-23(9)11-6-4-10(16)5-7-11)14(24)19-15(2,3)12-8-17-22-20-12/h4-8H,1-3H3,(H,19,24)(H,17,20,22). The molecule has 24 heavy (non-hydrogen) atoms. The highest BCUT2D eigenvalue weighted by Gasteiger charge is 2.28. The molecule has 1 aromatic carbocycles. The minimum Gasteiger partial charge on any atom is -0.339 e. The molecule has 0 spiro atoms. The minimum absolute atomic E-state index is 0.0217. The molecule has 0 fully saturated rings. The maximum atomic E-state index is 13.0. The van der Waals surface area contributed by atoms with E-state index in [2.05, 4.69) is 30.8 Å². The first kappa shape index (κ1) is 15.8. The number of aryl methyl sites for hydroxylation is 1. The molecule has 0 saturated carbocycles. The van der Waals surface area contributed by atoms with Gasteiger partial charge in [0.05, 0.1) is 17.4 Å². The predicted octanol–water partition coefficient (Wildman–Crippen LogP) is 1.50. The number of aromatic amines is 1. The number of carbonyl (C=O) groups excluding carboxylic acids is 1. The van der Waals surface area contributed by atoms with Crippen LogP contribution in [0.15, 0.2) is 30.5 Å². The van der Waals surface area contributed by atoms with E-state index in [-0.39, 0.29) is 11.6 Å². The van der Waals surface area contributed by atoms with Gasteiger partial charge in [0, 0.05) is 0 Å². The van der Waals surface area contributed by atoms with E-state index in [1.165, 1.54) is 23.0 Å². The first-order valence-electron chi connectivity index (χ1n) is 7.25. The highest BCUT2D eigenvalue weighted by atomic mass is 19.1. The van der Waals surface area contributed by atoms with Gasteiger partial charge in [0.1, 0.15) is 17.3 Å². The Morgan fingerprint density at radius 1 is 1.29 bits per heavy atom. The molecular formula is C15H16FN7O. The molecule has 2 heterocycles. The molecule has 0 unspecified atom stereocenters. The monoisotopic (exact) mass is 329 g/mol. The molecule has 124 valence electrons. The molecule has 9 heteroatoms. The molecule has 0 aliphatic carbocycles. The van der Waals surface area contributed by atoms with Crippen molar-refractivity contribution in [3.8, 4) is 5.69 Å². The summed E-state index contributed by atoms with van der Waals surface area (Å²) in [7, 11) is 0. The van der Waals surface area contributed by atoms with E-state index >= 15 is 0 Å². The van der Waals surface area contributed by atoms with Gasteiger partial charge in [-0.15, -0.1) is 5.10 Å². The summed E-state index contributed by atoms with van der Waals surface area (Å²) < 4.78 is 14.5. The van der Waals surface area contributed by atoms with E-state index in [9.17, 15) is 9.18 Å². The van der Waals surface area contributed by atoms with Crippen LogP contribution in [0.25, 0.3) is 5.69 Å². The summed E-state index contributed by atoms with van der Waals surface area (Å²) in [5.74, 6) is -0.241. The van der Waals surface area contributed by atoms with Gasteiger partial charge in [0.2, 0.25) is 5.82 Å². The van der Waals surface area contributed by atoms with Gasteiger partial charge in [-0.05, 0) is 45.0 Å². The fourth-order valence-corrected chi connectivity index (χ4v) is 2.22. The summed E-state index contributed by atoms with van der Waals surface area (Å²) in [6.07, 6.45) is 1.54. The third-order valence-electron chi connectivity index (χ3n) is 3.52. The Bertz CT molecular complexity index is 853. The second kappa shape index (κ2) is 5.84. The van der Waals surface area contributed by atoms with E-state index in [0.717, 1.165) is 0 Å². The molecular weight excluding hydrogens is 313 g/mol. The molecule has 0 aliphatic rings. The highest BCUT2D eigenvalue weighted by Crippen LogP contribution is 2.17. The molecule has 3 aromatic rings. The zero-order valence-corrected chi connectivity index (χ0v) is 13.4. The first-order valence-corrected chi connectivity index (χ1v) is 7.25. The van der Waals surface area contributed by atoms with Crippen molar-refractivity contribution in [3.05, 3.63) is 53.6 Å². The molecule has 2 N–H and O–H groups in total.